The molecule has 0 heterocycles. The fourth-order valence-electron chi connectivity index (χ4n) is 2.90. The van der Waals surface area contributed by atoms with Gasteiger partial charge in [-0.1, -0.05) is 37.1 Å². The number of carbonyl (C=O) groups excluding carboxylic acids is 3. The molecule has 0 unspecified atom stereocenters. The number of amides is 3. The molecule has 3 aromatic rings. The molecule has 0 saturated heterocycles. The van der Waals surface area contributed by atoms with Crippen LogP contribution in [0.5, 0.6) is 5.75 Å². The lowest BCUT2D eigenvalue weighted by Crippen LogP contribution is -2.33. The first-order chi connectivity index (χ1) is 17.0. The van der Waals surface area contributed by atoms with Gasteiger partial charge in [0.25, 0.3) is 5.91 Å². The number of unbranched alkanes of at least 4 members (excludes halogenated alkanes) is 1. The van der Waals surface area contributed by atoms with Gasteiger partial charge in [0.05, 0.1) is 24.1 Å². The number of hydrogen-bond donors (Lipinski definition) is 3. The lowest BCUT2D eigenvalue weighted by molar-refractivity contribution is -0.136. The Balaban J connectivity index is 1.55. The summed E-state index contributed by atoms with van der Waals surface area (Å²) in [7, 11) is 0. The molecule has 0 aliphatic rings. The maximum absolute atomic E-state index is 12.7. The zero-order valence-electron chi connectivity index (χ0n) is 19.1. The standard InChI is InChI=1S/C26H25ClN4O4/c1-2-3-16-35-21-14-8-18(9-15-21)17-28-31-26(34)25(33)30-23-7-5-4-6-22(23)24(32)29-20-12-10-19(27)11-13-20/h4-15,17H,2-3,16H2,1H3,(H,29,32)(H,30,33)(H,31,34). The quantitative estimate of drug-likeness (QED) is 0.171. The van der Waals surface area contributed by atoms with Crippen LogP contribution in [0, 0.1) is 0 Å². The number of benzene rings is 3. The van der Waals surface area contributed by atoms with Crippen molar-refractivity contribution in [3.63, 3.8) is 0 Å². The van der Waals surface area contributed by atoms with Gasteiger partial charge >= 0.3 is 11.8 Å². The summed E-state index contributed by atoms with van der Waals surface area (Å²) in [5, 5.41) is 9.51. The zero-order valence-corrected chi connectivity index (χ0v) is 19.8. The van der Waals surface area contributed by atoms with Crippen LogP contribution in [0.25, 0.3) is 0 Å². The summed E-state index contributed by atoms with van der Waals surface area (Å²) in [4.78, 5) is 37.2. The number of hydrogen-bond acceptors (Lipinski definition) is 5. The van der Waals surface area contributed by atoms with Crippen LogP contribution in [-0.4, -0.2) is 30.5 Å². The maximum atomic E-state index is 12.7. The van der Waals surface area contributed by atoms with E-state index >= 15 is 0 Å². The van der Waals surface area contributed by atoms with Crippen molar-refractivity contribution in [1.82, 2.24) is 5.43 Å². The molecule has 0 bridgehead atoms. The van der Waals surface area contributed by atoms with Crippen LogP contribution in [0.1, 0.15) is 35.7 Å². The Morgan fingerprint density at radius 1 is 0.914 bits per heavy atom. The predicted octanol–water partition coefficient (Wildman–Crippen LogP) is 4.86. The average molecular weight is 493 g/mol. The summed E-state index contributed by atoms with van der Waals surface area (Å²) < 4.78 is 5.60. The molecule has 0 spiro atoms. The maximum Gasteiger partial charge on any atom is 0.329 e. The summed E-state index contributed by atoms with van der Waals surface area (Å²) in [6.07, 6.45) is 3.45. The number of nitrogens with one attached hydrogen (secondary N) is 3. The smallest absolute Gasteiger partial charge is 0.329 e. The summed E-state index contributed by atoms with van der Waals surface area (Å²) in [6, 6.07) is 20.1. The normalized spacial score (nSPS) is 10.6. The van der Waals surface area contributed by atoms with E-state index in [4.69, 9.17) is 16.3 Å². The molecular formula is C26H25ClN4O4. The van der Waals surface area contributed by atoms with Crippen molar-refractivity contribution >= 4 is 46.9 Å². The van der Waals surface area contributed by atoms with Crippen molar-refractivity contribution in [2.24, 2.45) is 5.10 Å². The molecule has 0 atom stereocenters. The van der Waals surface area contributed by atoms with Crippen LogP contribution in [0.4, 0.5) is 11.4 Å². The number of ether oxygens (including phenoxy) is 1. The third kappa shape index (κ3) is 7.97. The molecule has 3 aromatic carbocycles. The van der Waals surface area contributed by atoms with Crippen molar-refractivity contribution in [3.05, 3.63) is 88.9 Å². The molecule has 0 saturated carbocycles. The van der Waals surface area contributed by atoms with Gasteiger partial charge in [-0.3, -0.25) is 14.4 Å². The van der Waals surface area contributed by atoms with Crippen LogP contribution < -0.4 is 20.8 Å². The molecule has 0 radical (unpaired) electrons. The van der Waals surface area contributed by atoms with Crippen molar-refractivity contribution in [1.29, 1.82) is 0 Å². The van der Waals surface area contributed by atoms with Crippen LogP contribution in [-0.2, 0) is 9.59 Å². The van der Waals surface area contributed by atoms with Gasteiger partial charge in [-0.15, -0.1) is 0 Å². The van der Waals surface area contributed by atoms with E-state index in [0.717, 1.165) is 24.2 Å². The molecule has 3 N–H and O–H groups in total. The van der Waals surface area contributed by atoms with E-state index in [0.29, 0.717) is 17.3 Å². The largest absolute Gasteiger partial charge is 0.494 e. The summed E-state index contributed by atoms with van der Waals surface area (Å²) >= 11 is 5.86. The highest BCUT2D eigenvalue weighted by molar-refractivity contribution is 6.40. The SMILES string of the molecule is CCCCOc1ccc(C=NNC(=O)C(=O)Nc2ccccc2C(=O)Nc2ccc(Cl)cc2)cc1. The Morgan fingerprint density at radius 3 is 2.34 bits per heavy atom. The Kier molecular flexibility index (Phi) is 9.39. The Labute approximate surface area is 208 Å². The van der Waals surface area contributed by atoms with Gasteiger partial charge in [0, 0.05) is 10.7 Å². The van der Waals surface area contributed by atoms with Gasteiger partial charge < -0.3 is 15.4 Å². The minimum Gasteiger partial charge on any atom is -0.494 e. The number of anilines is 2. The molecular weight excluding hydrogens is 468 g/mol. The van der Waals surface area contributed by atoms with Crippen LogP contribution in [0.2, 0.25) is 5.02 Å². The highest BCUT2D eigenvalue weighted by Crippen LogP contribution is 2.19. The summed E-state index contributed by atoms with van der Waals surface area (Å²) in [6.45, 7) is 2.75. The monoisotopic (exact) mass is 492 g/mol. The molecule has 0 aliphatic heterocycles. The Bertz CT molecular complexity index is 1190. The van der Waals surface area contributed by atoms with Gasteiger partial charge in [0.1, 0.15) is 5.75 Å². The molecule has 0 fully saturated rings. The minimum absolute atomic E-state index is 0.182. The molecule has 0 aromatic heterocycles. The van der Waals surface area contributed by atoms with Crippen LogP contribution in [0.3, 0.4) is 0 Å². The lowest BCUT2D eigenvalue weighted by Gasteiger charge is -2.11. The van der Waals surface area contributed by atoms with Crippen molar-refractivity contribution in [3.8, 4) is 5.75 Å². The fraction of sp³-hybridized carbons (Fsp3) is 0.154. The van der Waals surface area contributed by atoms with Gasteiger partial charge in [-0.2, -0.15) is 5.10 Å². The fourth-order valence-corrected chi connectivity index (χ4v) is 3.03. The Hall–Kier alpha value is -4.17. The Morgan fingerprint density at radius 2 is 1.63 bits per heavy atom. The first-order valence-corrected chi connectivity index (χ1v) is 11.4. The summed E-state index contributed by atoms with van der Waals surface area (Å²) in [5.74, 6) is -1.65. The molecule has 3 amide bonds. The average Bonchev–Trinajstić information content (AvgIpc) is 2.86. The number of para-hydroxylation sites is 1. The van der Waals surface area contributed by atoms with E-state index in [1.54, 1.807) is 60.7 Å². The third-order valence-electron chi connectivity index (χ3n) is 4.75. The van der Waals surface area contributed by atoms with Gasteiger partial charge in [-0.05, 0) is 72.6 Å². The van der Waals surface area contributed by atoms with E-state index in [9.17, 15) is 14.4 Å². The molecule has 3 rings (SSSR count). The molecule has 35 heavy (non-hydrogen) atoms. The van der Waals surface area contributed by atoms with Crippen molar-refractivity contribution in [2.45, 2.75) is 19.8 Å². The van der Waals surface area contributed by atoms with E-state index in [-0.39, 0.29) is 11.3 Å². The summed E-state index contributed by atoms with van der Waals surface area (Å²) in [5.41, 5.74) is 3.80. The highest BCUT2D eigenvalue weighted by Gasteiger charge is 2.17. The van der Waals surface area contributed by atoms with E-state index in [1.165, 1.54) is 18.3 Å². The number of nitrogens with zero attached hydrogens (tertiary/aromatic N) is 1. The van der Waals surface area contributed by atoms with Gasteiger partial charge in [0.15, 0.2) is 0 Å². The van der Waals surface area contributed by atoms with Crippen LogP contribution >= 0.6 is 11.6 Å². The molecule has 8 nitrogen and oxygen atoms in total. The number of carbonyl (C=O) groups is 3. The molecule has 9 heteroatoms. The van der Waals surface area contributed by atoms with E-state index in [2.05, 4.69) is 28.1 Å². The number of halogens is 1. The topological polar surface area (TPSA) is 109 Å². The van der Waals surface area contributed by atoms with Gasteiger partial charge in [0.2, 0.25) is 0 Å². The zero-order chi connectivity index (χ0) is 25.0. The van der Waals surface area contributed by atoms with Crippen molar-refractivity contribution < 1.29 is 19.1 Å². The van der Waals surface area contributed by atoms with Gasteiger partial charge in [-0.25, -0.2) is 5.43 Å². The minimum atomic E-state index is -0.978. The second-order valence-electron chi connectivity index (χ2n) is 7.43. The second kappa shape index (κ2) is 12.9. The van der Waals surface area contributed by atoms with E-state index < -0.39 is 17.7 Å². The highest BCUT2D eigenvalue weighted by atomic mass is 35.5. The van der Waals surface area contributed by atoms with Crippen molar-refractivity contribution in [2.75, 3.05) is 17.2 Å². The predicted molar refractivity (Wildman–Crippen MR) is 137 cm³/mol. The van der Waals surface area contributed by atoms with E-state index in [1.807, 2.05) is 0 Å². The second-order valence-corrected chi connectivity index (χ2v) is 7.87. The molecule has 0 aliphatic carbocycles. The third-order valence-corrected chi connectivity index (χ3v) is 5.01. The first-order valence-electron chi connectivity index (χ1n) is 11.0. The lowest BCUT2D eigenvalue weighted by atomic mass is 10.1. The number of rotatable bonds is 9. The molecule has 180 valence electrons. The number of hydrazone groups is 1. The van der Waals surface area contributed by atoms with Crippen LogP contribution in [0.15, 0.2) is 77.9 Å². The first kappa shape index (κ1) is 25.5.